The molecule has 0 saturated carbocycles. The zero-order valence-corrected chi connectivity index (χ0v) is 10.5. The van der Waals surface area contributed by atoms with Crippen molar-refractivity contribution in [1.82, 2.24) is 4.90 Å². The van der Waals surface area contributed by atoms with Crippen LogP contribution in [0.4, 0.5) is 0 Å². The molecule has 5 heteroatoms. The van der Waals surface area contributed by atoms with Gasteiger partial charge in [0.1, 0.15) is 0 Å². The van der Waals surface area contributed by atoms with E-state index in [1.54, 1.807) is 0 Å². The van der Waals surface area contributed by atoms with Gasteiger partial charge in [-0.3, -0.25) is 4.90 Å². The Morgan fingerprint density at radius 2 is 1.50 bits per heavy atom. The van der Waals surface area contributed by atoms with Crippen molar-refractivity contribution >= 4 is 11.9 Å². The van der Waals surface area contributed by atoms with Crippen LogP contribution >= 0.6 is 0 Å². The molecule has 0 aliphatic heterocycles. The largest absolute Gasteiger partial charge is 0.478 e. The second-order valence-electron chi connectivity index (χ2n) is 3.90. The summed E-state index contributed by atoms with van der Waals surface area (Å²) in [6, 6.07) is 4.33. The van der Waals surface area contributed by atoms with Crippen LogP contribution in [0.15, 0.2) is 18.2 Å². The Bertz CT molecular complexity index is 420. The standard InChI is InChI=1S/C13H17NO4/c1-3-14(4-2)8-11-9(12(15)16)6-5-7-10(11)13(17)18/h5-7H,3-4,8H2,1-2H3,(H,15,16)(H,17,18). The molecule has 1 aromatic carbocycles. The van der Waals surface area contributed by atoms with Gasteiger partial charge in [-0.25, -0.2) is 9.59 Å². The monoisotopic (exact) mass is 251 g/mol. The third-order valence-corrected chi connectivity index (χ3v) is 2.91. The lowest BCUT2D eigenvalue weighted by molar-refractivity contribution is 0.0693. The van der Waals surface area contributed by atoms with Crippen LogP contribution in [-0.2, 0) is 6.54 Å². The number of hydrogen-bond donors (Lipinski definition) is 2. The summed E-state index contributed by atoms with van der Waals surface area (Å²) in [5, 5.41) is 18.2. The van der Waals surface area contributed by atoms with Gasteiger partial charge in [0, 0.05) is 6.54 Å². The van der Waals surface area contributed by atoms with Crippen molar-refractivity contribution < 1.29 is 19.8 Å². The molecule has 0 saturated heterocycles. The Balaban J connectivity index is 3.26. The molecule has 1 aromatic rings. The third-order valence-electron chi connectivity index (χ3n) is 2.91. The van der Waals surface area contributed by atoms with E-state index >= 15 is 0 Å². The van der Waals surface area contributed by atoms with Crippen molar-refractivity contribution in [2.24, 2.45) is 0 Å². The van der Waals surface area contributed by atoms with Crippen LogP contribution in [-0.4, -0.2) is 40.1 Å². The minimum atomic E-state index is -1.10. The lowest BCUT2D eigenvalue weighted by Gasteiger charge is -2.20. The summed E-state index contributed by atoms with van der Waals surface area (Å²) in [7, 11) is 0. The fourth-order valence-electron chi connectivity index (χ4n) is 1.83. The van der Waals surface area contributed by atoms with Gasteiger partial charge in [0.15, 0.2) is 0 Å². The minimum absolute atomic E-state index is 0.0572. The lowest BCUT2D eigenvalue weighted by atomic mass is 10.0. The van der Waals surface area contributed by atoms with E-state index in [0.29, 0.717) is 12.1 Å². The first-order valence-electron chi connectivity index (χ1n) is 5.82. The molecule has 0 amide bonds. The first kappa shape index (κ1) is 14.2. The molecular weight excluding hydrogens is 234 g/mol. The van der Waals surface area contributed by atoms with Crippen LogP contribution in [0.3, 0.4) is 0 Å². The Kier molecular flexibility index (Phi) is 4.85. The molecule has 0 unspecified atom stereocenters. The molecular formula is C13H17NO4. The second kappa shape index (κ2) is 6.16. The number of rotatable bonds is 6. The molecule has 18 heavy (non-hydrogen) atoms. The maximum absolute atomic E-state index is 11.1. The Morgan fingerprint density at radius 1 is 1.06 bits per heavy atom. The predicted molar refractivity (Wildman–Crippen MR) is 67.0 cm³/mol. The molecule has 0 radical (unpaired) electrons. The highest BCUT2D eigenvalue weighted by Crippen LogP contribution is 2.17. The van der Waals surface area contributed by atoms with Crippen LogP contribution < -0.4 is 0 Å². The highest BCUT2D eigenvalue weighted by Gasteiger charge is 2.19. The predicted octanol–water partition coefficient (Wildman–Crippen LogP) is 1.92. The number of nitrogens with zero attached hydrogens (tertiary/aromatic N) is 1. The van der Waals surface area contributed by atoms with Crippen LogP contribution in [0.25, 0.3) is 0 Å². The maximum atomic E-state index is 11.1. The smallest absolute Gasteiger partial charge is 0.336 e. The van der Waals surface area contributed by atoms with Crippen molar-refractivity contribution in [3.63, 3.8) is 0 Å². The number of aromatic carboxylic acids is 2. The number of carboxylic acid groups (broad SMARTS) is 2. The van der Waals surface area contributed by atoms with Gasteiger partial charge in [-0.05, 0) is 30.8 Å². The van der Waals surface area contributed by atoms with E-state index in [0.717, 1.165) is 13.1 Å². The van der Waals surface area contributed by atoms with Gasteiger partial charge < -0.3 is 10.2 Å². The fourth-order valence-corrected chi connectivity index (χ4v) is 1.83. The number of benzene rings is 1. The number of hydrogen-bond acceptors (Lipinski definition) is 3. The maximum Gasteiger partial charge on any atom is 0.336 e. The molecule has 1 rings (SSSR count). The van der Waals surface area contributed by atoms with Crippen LogP contribution in [0.1, 0.15) is 40.1 Å². The van der Waals surface area contributed by atoms with Gasteiger partial charge in [-0.2, -0.15) is 0 Å². The molecule has 0 aliphatic carbocycles. The van der Waals surface area contributed by atoms with Gasteiger partial charge >= 0.3 is 11.9 Å². The van der Waals surface area contributed by atoms with E-state index in [4.69, 9.17) is 10.2 Å². The summed E-state index contributed by atoms with van der Waals surface area (Å²) >= 11 is 0. The Morgan fingerprint density at radius 3 is 1.83 bits per heavy atom. The van der Waals surface area contributed by atoms with E-state index in [-0.39, 0.29) is 11.1 Å². The average Bonchev–Trinajstić information content (AvgIpc) is 2.35. The first-order chi connectivity index (χ1) is 8.51. The van der Waals surface area contributed by atoms with Gasteiger partial charge in [-0.1, -0.05) is 19.9 Å². The van der Waals surface area contributed by atoms with Crippen LogP contribution in [0.5, 0.6) is 0 Å². The third kappa shape index (κ3) is 3.07. The van der Waals surface area contributed by atoms with Crippen LogP contribution in [0, 0.1) is 0 Å². The summed E-state index contributed by atoms with van der Waals surface area (Å²) in [5.74, 6) is -2.19. The van der Waals surface area contributed by atoms with Gasteiger partial charge in [0.2, 0.25) is 0 Å². The van der Waals surface area contributed by atoms with Crippen LogP contribution in [0.2, 0.25) is 0 Å². The zero-order valence-electron chi connectivity index (χ0n) is 10.5. The highest BCUT2D eigenvalue weighted by molar-refractivity contribution is 5.96. The van der Waals surface area contributed by atoms with E-state index < -0.39 is 11.9 Å². The number of carboxylic acids is 2. The Labute approximate surface area is 106 Å². The normalized spacial score (nSPS) is 10.6. The van der Waals surface area contributed by atoms with Crippen molar-refractivity contribution in [2.75, 3.05) is 13.1 Å². The average molecular weight is 251 g/mol. The fraction of sp³-hybridized carbons (Fsp3) is 0.385. The van der Waals surface area contributed by atoms with Crippen molar-refractivity contribution in [2.45, 2.75) is 20.4 Å². The molecule has 0 spiro atoms. The van der Waals surface area contributed by atoms with E-state index in [9.17, 15) is 9.59 Å². The summed E-state index contributed by atoms with van der Waals surface area (Å²) in [4.78, 5) is 24.3. The second-order valence-corrected chi connectivity index (χ2v) is 3.90. The van der Waals surface area contributed by atoms with Crippen molar-refractivity contribution in [1.29, 1.82) is 0 Å². The van der Waals surface area contributed by atoms with E-state index in [1.807, 2.05) is 18.7 Å². The minimum Gasteiger partial charge on any atom is -0.478 e. The molecule has 0 aliphatic rings. The summed E-state index contributed by atoms with van der Waals surface area (Å²) in [5.41, 5.74) is 0.477. The molecule has 98 valence electrons. The summed E-state index contributed by atoms with van der Waals surface area (Å²) < 4.78 is 0. The quantitative estimate of drug-likeness (QED) is 0.807. The molecule has 0 fully saturated rings. The zero-order chi connectivity index (χ0) is 13.7. The lowest BCUT2D eigenvalue weighted by Crippen LogP contribution is -2.25. The Hall–Kier alpha value is -1.88. The van der Waals surface area contributed by atoms with Gasteiger partial charge in [0.25, 0.3) is 0 Å². The molecule has 0 heterocycles. The molecule has 0 bridgehead atoms. The van der Waals surface area contributed by atoms with Crippen molar-refractivity contribution in [3.05, 3.63) is 34.9 Å². The molecule has 0 atom stereocenters. The SMILES string of the molecule is CCN(CC)Cc1c(C(=O)O)cccc1C(=O)O. The first-order valence-corrected chi connectivity index (χ1v) is 5.82. The topological polar surface area (TPSA) is 77.8 Å². The molecule has 5 nitrogen and oxygen atoms in total. The van der Waals surface area contributed by atoms with Gasteiger partial charge in [-0.15, -0.1) is 0 Å². The number of carbonyl (C=O) groups is 2. The van der Waals surface area contributed by atoms with Gasteiger partial charge in [0.05, 0.1) is 11.1 Å². The van der Waals surface area contributed by atoms with E-state index in [2.05, 4.69) is 0 Å². The molecule has 2 N–H and O–H groups in total. The van der Waals surface area contributed by atoms with Crippen molar-refractivity contribution in [3.8, 4) is 0 Å². The summed E-state index contributed by atoms with van der Waals surface area (Å²) in [6.07, 6.45) is 0. The summed E-state index contributed by atoms with van der Waals surface area (Å²) in [6.45, 7) is 5.71. The van der Waals surface area contributed by atoms with E-state index in [1.165, 1.54) is 18.2 Å². The molecule has 0 aromatic heterocycles. The highest BCUT2D eigenvalue weighted by atomic mass is 16.4.